The van der Waals surface area contributed by atoms with Crippen molar-refractivity contribution in [2.75, 3.05) is 52.9 Å². The van der Waals surface area contributed by atoms with Crippen molar-refractivity contribution < 1.29 is 14.6 Å². The first-order valence-electron chi connectivity index (χ1n) is 9.17. The number of benzene rings is 1. The minimum absolute atomic E-state index is 0.193. The van der Waals surface area contributed by atoms with E-state index in [0.717, 1.165) is 57.9 Å². The highest BCUT2D eigenvalue weighted by Crippen LogP contribution is 2.15. The van der Waals surface area contributed by atoms with Crippen LogP contribution in [0, 0.1) is 0 Å². The minimum Gasteiger partial charge on any atom is -0.497 e. The highest BCUT2D eigenvalue weighted by atomic mass is 16.5. The van der Waals surface area contributed by atoms with Crippen LogP contribution in [-0.4, -0.2) is 84.7 Å². The van der Waals surface area contributed by atoms with Crippen molar-refractivity contribution in [2.45, 2.75) is 25.5 Å². The predicted octanol–water partition coefficient (Wildman–Crippen LogP) is 0.796. The van der Waals surface area contributed by atoms with Gasteiger partial charge >= 0.3 is 0 Å². The maximum absolute atomic E-state index is 12.5. The second-order valence-electron chi connectivity index (χ2n) is 7.04. The molecule has 1 atom stereocenters. The van der Waals surface area contributed by atoms with Gasteiger partial charge in [-0.15, -0.1) is 0 Å². The normalized spacial score (nSPS) is 22.8. The second-order valence-corrected chi connectivity index (χ2v) is 7.04. The van der Waals surface area contributed by atoms with Gasteiger partial charge in [-0.3, -0.25) is 14.6 Å². The fourth-order valence-corrected chi connectivity index (χ4v) is 3.61. The van der Waals surface area contributed by atoms with Crippen LogP contribution in [0.25, 0.3) is 0 Å². The Balaban J connectivity index is 1.42. The maximum atomic E-state index is 12.5. The van der Waals surface area contributed by atoms with Crippen molar-refractivity contribution in [3.8, 4) is 5.75 Å². The van der Waals surface area contributed by atoms with Gasteiger partial charge in [0.05, 0.1) is 19.8 Å². The summed E-state index contributed by atoms with van der Waals surface area (Å²) in [6, 6.07) is 8.17. The van der Waals surface area contributed by atoms with E-state index in [0.29, 0.717) is 13.1 Å². The number of carbonyl (C=O) groups excluding carboxylic acids is 1. The third-order valence-electron chi connectivity index (χ3n) is 5.13. The van der Waals surface area contributed by atoms with Gasteiger partial charge in [0, 0.05) is 39.3 Å². The number of piperidine rings is 1. The molecule has 2 heterocycles. The van der Waals surface area contributed by atoms with Crippen LogP contribution in [0.4, 0.5) is 0 Å². The number of amides is 1. The molecule has 1 amide bonds. The minimum atomic E-state index is -0.275. The number of hydrogen-bond donors (Lipinski definition) is 1. The highest BCUT2D eigenvalue weighted by Gasteiger charge is 2.25. The third-order valence-corrected chi connectivity index (χ3v) is 5.13. The Kier molecular flexibility index (Phi) is 6.29. The summed E-state index contributed by atoms with van der Waals surface area (Å²) in [5, 5.41) is 9.73. The molecule has 138 valence electrons. The van der Waals surface area contributed by atoms with E-state index in [9.17, 15) is 9.90 Å². The Morgan fingerprint density at radius 3 is 2.48 bits per heavy atom. The molecule has 0 saturated carbocycles. The molecule has 6 heteroatoms. The topological polar surface area (TPSA) is 56.2 Å². The van der Waals surface area contributed by atoms with Crippen molar-refractivity contribution in [1.29, 1.82) is 0 Å². The van der Waals surface area contributed by atoms with Crippen LogP contribution in [0.3, 0.4) is 0 Å². The van der Waals surface area contributed by atoms with E-state index in [2.05, 4.69) is 21.9 Å². The van der Waals surface area contributed by atoms with Gasteiger partial charge in [-0.25, -0.2) is 0 Å². The molecule has 1 aromatic carbocycles. The van der Waals surface area contributed by atoms with Crippen LogP contribution in [0.2, 0.25) is 0 Å². The average Bonchev–Trinajstić information content (AvgIpc) is 2.63. The Hall–Kier alpha value is -1.63. The summed E-state index contributed by atoms with van der Waals surface area (Å²) < 4.78 is 5.19. The van der Waals surface area contributed by atoms with Crippen LogP contribution in [0.15, 0.2) is 24.3 Å². The number of aliphatic hydroxyl groups excluding tert-OH is 1. The summed E-state index contributed by atoms with van der Waals surface area (Å²) in [5.41, 5.74) is 1.27. The monoisotopic (exact) mass is 347 g/mol. The van der Waals surface area contributed by atoms with Crippen LogP contribution in [0.5, 0.6) is 5.75 Å². The molecule has 6 nitrogen and oxygen atoms in total. The number of nitrogens with zero attached hydrogens (tertiary/aromatic N) is 3. The number of carbonyl (C=O) groups is 1. The zero-order valence-electron chi connectivity index (χ0n) is 15.1. The molecular weight excluding hydrogens is 318 g/mol. The number of likely N-dealkylation sites (tertiary alicyclic amines) is 1. The first-order chi connectivity index (χ1) is 12.1. The average molecular weight is 347 g/mol. The quantitative estimate of drug-likeness (QED) is 0.854. The Bertz CT molecular complexity index is 556. The van der Waals surface area contributed by atoms with Crippen LogP contribution in [0.1, 0.15) is 18.4 Å². The number of aliphatic hydroxyl groups is 1. The van der Waals surface area contributed by atoms with Gasteiger partial charge in [0.25, 0.3) is 0 Å². The predicted molar refractivity (Wildman–Crippen MR) is 96.5 cm³/mol. The van der Waals surface area contributed by atoms with E-state index in [1.54, 1.807) is 7.11 Å². The fraction of sp³-hybridized carbons (Fsp3) is 0.632. The lowest BCUT2D eigenvalue weighted by Gasteiger charge is -2.37. The molecule has 25 heavy (non-hydrogen) atoms. The van der Waals surface area contributed by atoms with E-state index in [1.165, 1.54) is 5.56 Å². The molecule has 0 radical (unpaired) electrons. The van der Waals surface area contributed by atoms with E-state index < -0.39 is 0 Å². The van der Waals surface area contributed by atoms with Gasteiger partial charge in [0.2, 0.25) is 5.91 Å². The molecule has 0 bridgehead atoms. The van der Waals surface area contributed by atoms with Crippen LogP contribution >= 0.6 is 0 Å². The van der Waals surface area contributed by atoms with Gasteiger partial charge in [0.1, 0.15) is 5.75 Å². The maximum Gasteiger partial charge on any atom is 0.236 e. The first-order valence-corrected chi connectivity index (χ1v) is 9.17. The SMILES string of the molecule is COc1ccc(CN2CCN(C(=O)CN3CCC[C@H](O)C3)CC2)cc1. The Morgan fingerprint density at radius 1 is 1.12 bits per heavy atom. The molecule has 2 aliphatic heterocycles. The first kappa shape index (κ1) is 18.2. The molecule has 0 aliphatic carbocycles. The van der Waals surface area contributed by atoms with Crippen LogP contribution in [-0.2, 0) is 11.3 Å². The van der Waals surface area contributed by atoms with Gasteiger partial charge in [0.15, 0.2) is 0 Å². The van der Waals surface area contributed by atoms with Gasteiger partial charge in [-0.1, -0.05) is 12.1 Å². The van der Waals surface area contributed by atoms with Crippen molar-refractivity contribution >= 4 is 5.91 Å². The molecule has 3 rings (SSSR count). The number of methoxy groups -OCH3 is 1. The van der Waals surface area contributed by atoms with Gasteiger partial charge in [-0.05, 0) is 37.1 Å². The smallest absolute Gasteiger partial charge is 0.236 e. The summed E-state index contributed by atoms with van der Waals surface area (Å²) in [7, 11) is 1.68. The van der Waals surface area contributed by atoms with Crippen LogP contribution < -0.4 is 4.74 Å². The molecule has 0 aromatic heterocycles. The Morgan fingerprint density at radius 2 is 1.84 bits per heavy atom. The second kappa shape index (κ2) is 8.65. The summed E-state index contributed by atoms with van der Waals surface area (Å²) in [5.74, 6) is 1.07. The molecule has 1 N–H and O–H groups in total. The van der Waals surface area contributed by atoms with Crippen molar-refractivity contribution in [3.05, 3.63) is 29.8 Å². The summed E-state index contributed by atoms with van der Waals surface area (Å²) in [6.07, 6.45) is 1.56. The zero-order chi connectivity index (χ0) is 17.6. The molecule has 2 saturated heterocycles. The van der Waals surface area contributed by atoms with Gasteiger partial charge < -0.3 is 14.7 Å². The fourth-order valence-electron chi connectivity index (χ4n) is 3.61. The van der Waals surface area contributed by atoms with Gasteiger partial charge in [-0.2, -0.15) is 0 Å². The third kappa shape index (κ3) is 5.17. The standard InChI is InChI=1S/C19H29N3O3/c1-25-18-6-4-16(5-7-18)13-20-9-11-22(12-10-20)19(24)15-21-8-2-3-17(23)14-21/h4-7,17,23H,2-3,8-15H2,1H3/t17-/m0/s1. The van der Waals surface area contributed by atoms with Crippen molar-refractivity contribution in [3.63, 3.8) is 0 Å². The largest absolute Gasteiger partial charge is 0.497 e. The number of ether oxygens (including phenoxy) is 1. The lowest BCUT2D eigenvalue weighted by molar-refractivity contribution is -0.134. The molecule has 2 fully saturated rings. The highest BCUT2D eigenvalue weighted by molar-refractivity contribution is 5.78. The van der Waals surface area contributed by atoms with E-state index >= 15 is 0 Å². The number of piperazine rings is 1. The summed E-state index contributed by atoms with van der Waals surface area (Å²) >= 11 is 0. The van der Waals surface area contributed by atoms with E-state index in [-0.39, 0.29) is 12.0 Å². The van der Waals surface area contributed by atoms with E-state index in [1.807, 2.05) is 17.0 Å². The number of rotatable bonds is 5. The van der Waals surface area contributed by atoms with Crippen molar-refractivity contribution in [2.24, 2.45) is 0 Å². The van der Waals surface area contributed by atoms with Crippen molar-refractivity contribution in [1.82, 2.24) is 14.7 Å². The molecular formula is C19H29N3O3. The lowest BCUT2D eigenvalue weighted by Crippen LogP contribution is -2.52. The Labute approximate surface area is 150 Å². The lowest BCUT2D eigenvalue weighted by atomic mass is 10.1. The number of β-amino-alcohol motifs (C(OH)–C–C–N with tert-alkyl or cyclic N) is 1. The number of hydrogen-bond acceptors (Lipinski definition) is 5. The van der Waals surface area contributed by atoms with E-state index in [4.69, 9.17) is 4.74 Å². The molecule has 0 spiro atoms. The molecule has 1 aromatic rings. The molecule has 0 unspecified atom stereocenters. The summed E-state index contributed by atoms with van der Waals surface area (Å²) in [4.78, 5) is 18.9. The zero-order valence-corrected chi connectivity index (χ0v) is 15.1. The summed E-state index contributed by atoms with van der Waals surface area (Å²) in [6.45, 7) is 6.26. The molecule has 2 aliphatic rings.